The predicted molar refractivity (Wildman–Crippen MR) is 85.5 cm³/mol. The fourth-order valence-corrected chi connectivity index (χ4v) is 3.12. The summed E-state index contributed by atoms with van der Waals surface area (Å²) in [4.78, 5) is 0. The summed E-state index contributed by atoms with van der Waals surface area (Å²) in [6.45, 7) is 8.31. The highest BCUT2D eigenvalue weighted by Gasteiger charge is 2.19. The Morgan fingerprint density at radius 3 is 2.10 bits per heavy atom. The molecular formula is C17H19BrFN. The molecule has 3 heteroatoms. The maximum absolute atomic E-state index is 13.5. The maximum atomic E-state index is 13.5. The Balaban J connectivity index is 2.65. The molecule has 20 heavy (non-hydrogen) atoms. The first-order valence-corrected chi connectivity index (χ1v) is 7.40. The van der Waals surface area contributed by atoms with Crippen molar-refractivity contribution in [1.29, 1.82) is 0 Å². The molecule has 1 unspecified atom stereocenters. The van der Waals surface area contributed by atoms with Crippen molar-refractivity contribution in [3.63, 3.8) is 0 Å². The van der Waals surface area contributed by atoms with E-state index >= 15 is 0 Å². The summed E-state index contributed by atoms with van der Waals surface area (Å²) in [7, 11) is 0. The summed E-state index contributed by atoms with van der Waals surface area (Å²) in [5, 5.41) is 0. The lowest BCUT2D eigenvalue weighted by Crippen LogP contribution is -2.17. The molecule has 2 N–H and O–H groups in total. The topological polar surface area (TPSA) is 26.0 Å². The molecule has 2 rings (SSSR count). The van der Waals surface area contributed by atoms with Crippen molar-refractivity contribution < 1.29 is 4.39 Å². The van der Waals surface area contributed by atoms with Gasteiger partial charge < -0.3 is 5.73 Å². The van der Waals surface area contributed by atoms with Crippen molar-refractivity contribution in [2.75, 3.05) is 0 Å². The normalized spacial score (nSPS) is 12.6. The van der Waals surface area contributed by atoms with Gasteiger partial charge in [-0.25, -0.2) is 4.39 Å². The SMILES string of the molecule is Cc1cc(C)c(C)c(C(N)c2cc(F)ccc2Br)c1C. The average molecular weight is 336 g/mol. The van der Waals surface area contributed by atoms with Crippen LogP contribution in [0.3, 0.4) is 0 Å². The van der Waals surface area contributed by atoms with Gasteiger partial charge >= 0.3 is 0 Å². The summed E-state index contributed by atoms with van der Waals surface area (Å²) in [6, 6.07) is 6.48. The van der Waals surface area contributed by atoms with Gasteiger partial charge in [0.05, 0.1) is 6.04 Å². The predicted octanol–water partition coefficient (Wildman–Crippen LogP) is 4.87. The smallest absolute Gasteiger partial charge is 0.123 e. The molecule has 0 fully saturated rings. The van der Waals surface area contributed by atoms with Crippen molar-refractivity contribution >= 4 is 15.9 Å². The lowest BCUT2D eigenvalue weighted by atomic mass is 9.87. The van der Waals surface area contributed by atoms with Crippen LogP contribution in [0.4, 0.5) is 4.39 Å². The number of halogens is 2. The molecule has 0 radical (unpaired) electrons. The average Bonchev–Trinajstić information content (AvgIpc) is 2.39. The highest BCUT2D eigenvalue weighted by Crippen LogP contribution is 2.33. The van der Waals surface area contributed by atoms with Crippen molar-refractivity contribution in [2.24, 2.45) is 5.73 Å². The fourth-order valence-electron chi connectivity index (χ4n) is 2.62. The van der Waals surface area contributed by atoms with E-state index in [0.29, 0.717) is 0 Å². The molecule has 1 nitrogen and oxygen atoms in total. The van der Waals surface area contributed by atoms with Gasteiger partial charge in [-0.3, -0.25) is 0 Å². The zero-order valence-corrected chi connectivity index (χ0v) is 13.8. The van der Waals surface area contributed by atoms with Crippen LogP contribution in [0.5, 0.6) is 0 Å². The van der Waals surface area contributed by atoms with Crippen molar-refractivity contribution in [2.45, 2.75) is 33.7 Å². The summed E-state index contributed by atoms with van der Waals surface area (Å²) < 4.78 is 14.3. The van der Waals surface area contributed by atoms with E-state index < -0.39 is 0 Å². The molecule has 0 aliphatic carbocycles. The van der Waals surface area contributed by atoms with Gasteiger partial charge in [-0.2, -0.15) is 0 Å². The third kappa shape index (κ3) is 2.65. The Labute approximate surface area is 128 Å². The van der Waals surface area contributed by atoms with Crippen LogP contribution in [0, 0.1) is 33.5 Å². The molecule has 0 aliphatic heterocycles. The fraction of sp³-hybridized carbons (Fsp3) is 0.294. The monoisotopic (exact) mass is 335 g/mol. The summed E-state index contributed by atoms with van der Waals surface area (Å²) in [6.07, 6.45) is 0. The molecule has 2 aromatic rings. The van der Waals surface area contributed by atoms with E-state index in [1.165, 1.54) is 34.4 Å². The van der Waals surface area contributed by atoms with E-state index in [1.807, 2.05) is 0 Å². The highest BCUT2D eigenvalue weighted by molar-refractivity contribution is 9.10. The number of benzene rings is 2. The lowest BCUT2D eigenvalue weighted by molar-refractivity contribution is 0.622. The van der Waals surface area contributed by atoms with E-state index in [9.17, 15) is 4.39 Å². The molecule has 2 aromatic carbocycles. The van der Waals surface area contributed by atoms with Crippen LogP contribution < -0.4 is 5.73 Å². The maximum Gasteiger partial charge on any atom is 0.123 e. The van der Waals surface area contributed by atoms with Gasteiger partial charge in [0.2, 0.25) is 0 Å². The van der Waals surface area contributed by atoms with Gasteiger partial charge in [0.15, 0.2) is 0 Å². The van der Waals surface area contributed by atoms with Gasteiger partial charge in [0.1, 0.15) is 5.82 Å². The largest absolute Gasteiger partial charge is 0.320 e. The molecule has 0 heterocycles. The van der Waals surface area contributed by atoms with Gasteiger partial charge in [-0.05, 0) is 79.3 Å². The molecule has 0 amide bonds. The van der Waals surface area contributed by atoms with Crippen molar-refractivity contribution in [3.8, 4) is 0 Å². The first kappa shape index (κ1) is 15.2. The summed E-state index contributed by atoms with van der Waals surface area (Å²) in [5.74, 6) is -0.265. The third-order valence-corrected chi connectivity index (χ3v) is 4.75. The van der Waals surface area contributed by atoms with Crippen LogP contribution in [-0.4, -0.2) is 0 Å². The first-order chi connectivity index (χ1) is 9.32. The van der Waals surface area contributed by atoms with Gasteiger partial charge in [0.25, 0.3) is 0 Å². The minimum atomic E-state index is -0.335. The zero-order chi connectivity index (χ0) is 15.0. The molecule has 106 valence electrons. The van der Waals surface area contributed by atoms with Crippen molar-refractivity contribution in [3.05, 3.63) is 67.9 Å². The Bertz CT molecular complexity index is 638. The van der Waals surface area contributed by atoms with Crippen LogP contribution in [0.15, 0.2) is 28.7 Å². The summed E-state index contributed by atoms with van der Waals surface area (Å²) in [5.41, 5.74) is 13.1. The van der Waals surface area contributed by atoms with Gasteiger partial charge in [0, 0.05) is 4.47 Å². The zero-order valence-electron chi connectivity index (χ0n) is 12.2. The van der Waals surface area contributed by atoms with E-state index in [-0.39, 0.29) is 11.9 Å². The minimum absolute atomic E-state index is 0.265. The molecule has 0 spiro atoms. The Hall–Kier alpha value is -1.19. The number of nitrogens with two attached hydrogens (primary N) is 1. The number of hydrogen-bond acceptors (Lipinski definition) is 1. The number of rotatable bonds is 2. The number of aryl methyl sites for hydroxylation is 2. The molecule has 0 bridgehead atoms. The molecule has 0 saturated carbocycles. The standard InChI is InChI=1S/C17H19BrFN/c1-9-7-10(2)12(4)16(11(9)3)17(20)14-8-13(19)5-6-15(14)18/h5-8,17H,20H2,1-4H3. The van der Waals surface area contributed by atoms with Crippen LogP contribution in [-0.2, 0) is 0 Å². The second-order valence-corrected chi connectivity index (χ2v) is 6.17. The Morgan fingerprint density at radius 1 is 1.00 bits per heavy atom. The Kier molecular flexibility index (Phi) is 4.31. The van der Waals surface area contributed by atoms with E-state index in [1.54, 1.807) is 6.07 Å². The highest BCUT2D eigenvalue weighted by atomic mass is 79.9. The molecular weight excluding hydrogens is 317 g/mol. The first-order valence-electron chi connectivity index (χ1n) is 6.60. The number of hydrogen-bond donors (Lipinski definition) is 1. The van der Waals surface area contributed by atoms with E-state index in [4.69, 9.17) is 5.73 Å². The lowest BCUT2D eigenvalue weighted by Gasteiger charge is -2.22. The molecule has 0 aliphatic rings. The molecule has 1 atom stereocenters. The molecule has 0 saturated heterocycles. The second-order valence-electron chi connectivity index (χ2n) is 5.32. The van der Waals surface area contributed by atoms with E-state index in [0.717, 1.165) is 15.6 Å². The summed E-state index contributed by atoms with van der Waals surface area (Å²) >= 11 is 3.47. The van der Waals surface area contributed by atoms with E-state index in [2.05, 4.69) is 49.7 Å². The quantitative estimate of drug-likeness (QED) is 0.832. The minimum Gasteiger partial charge on any atom is -0.320 e. The van der Waals surface area contributed by atoms with Crippen LogP contribution in [0.1, 0.15) is 39.4 Å². The van der Waals surface area contributed by atoms with Crippen LogP contribution >= 0.6 is 15.9 Å². The van der Waals surface area contributed by atoms with Gasteiger partial charge in [-0.15, -0.1) is 0 Å². The third-order valence-electron chi connectivity index (χ3n) is 4.03. The van der Waals surface area contributed by atoms with Crippen molar-refractivity contribution in [1.82, 2.24) is 0 Å². The Morgan fingerprint density at radius 2 is 1.55 bits per heavy atom. The van der Waals surface area contributed by atoms with Gasteiger partial charge in [-0.1, -0.05) is 22.0 Å². The molecule has 0 aromatic heterocycles. The van der Waals surface area contributed by atoms with Crippen LogP contribution in [0.25, 0.3) is 0 Å². The van der Waals surface area contributed by atoms with Crippen LogP contribution in [0.2, 0.25) is 0 Å². The second kappa shape index (κ2) is 5.66.